The number of carbonyl (C=O) groups excluding carboxylic acids is 3. The molecule has 0 atom stereocenters. The second kappa shape index (κ2) is 6.84. The van der Waals surface area contributed by atoms with Gasteiger partial charge in [0.05, 0.1) is 13.2 Å². The van der Waals surface area contributed by atoms with Gasteiger partial charge < -0.3 is 9.47 Å². The summed E-state index contributed by atoms with van der Waals surface area (Å²) in [6, 6.07) is 8.13. The van der Waals surface area contributed by atoms with Crippen molar-refractivity contribution in [2.75, 3.05) is 13.2 Å². The lowest BCUT2D eigenvalue weighted by Gasteiger charge is -2.23. The van der Waals surface area contributed by atoms with Gasteiger partial charge in [-0.25, -0.2) is 0 Å². The van der Waals surface area contributed by atoms with Crippen LogP contribution in [0.5, 0.6) is 0 Å². The van der Waals surface area contributed by atoms with E-state index in [1.807, 2.05) is 0 Å². The van der Waals surface area contributed by atoms with Crippen LogP contribution < -0.4 is 0 Å². The first-order valence-corrected chi connectivity index (χ1v) is 6.42. The second-order valence-electron chi connectivity index (χ2n) is 4.26. The molecule has 0 bridgehead atoms. The SMILES string of the molecule is CCOC(=O)C(C)(C(=O)OCC)C(=O)c1ccccc1. The van der Waals surface area contributed by atoms with Crippen LogP contribution in [0.2, 0.25) is 0 Å². The van der Waals surface area contributed by atoms with Crippen LogP contribution >= 0.6 is 0 Å². The minimum Gasteiger partial charge on any atom is -0.465 e. The van der Waals surface area contributed by atoms with Crippen LogP contribution in [-0.2, 0) is 19.1 Å². The molecule has 0 amide bonds. The van der Waals surface area contributed by atoms with E-state index in [0.29, 0.717) is 0 Å². The smallest absolute Gasteiger partial charge is 0.331 e. The minimum atomic E-state index is -1.98. The molecule has 0 saturated heterocycles. The molecule has 0 N–H and O–H groups in total. The minimum absolute atomic E-state index is 0.0793. The van der Waals surface area contributed by atoms with Gasteiger partial charge in [-0.1, -0.05) is 30.3 Å². The number of ketones is 1. The summed E-state index contributed by atoms with van der Waals surface area (Å²) in [5.74, 6) is -2.42. The Morgan fingerprint density at radius 3 is 1.80 bits per heavy atom. The van der Waals surface area contributed by atoms with E-state index in [2.05, 4.69) is 0 Å². The Hall–Kier alpha value is -2.17. The summed E-state index contributed by atoms with van der Waals surface area (Å²) in [6.45, 7) is 4.61. The number of benzene rings is 1. The van der Waals surface area contributed by atoms with E-state index >= 15 is 0 Å². The van der Waals surface area contributed by atoms with Crippen LogP contribution in [0.25, 0.3) is 0 Å². The number of carbonyl (C=O) groups is 3. The fourth-order valence-corrected chi connectivity index (χ4v) is 1.70. The molecule has 0 aromatic heterocycles. The Balaban J connectivity index is 3.20. The molecule has 0 aliphatic rings. The molecule has 5 heteroatoms. The molecule has 1 rings (SSSR count). The molecule has 1 aromatic rings. The van der Waals surface area contributed by atoms with Crippen molar-refractivity contribution in [1.82, 2.24) is 0 Å². The number of rotatable bonds is 6. The van der Waals surface area contributed by atoms with E-state index in [9.17, 15) is 14.4 Å². The van der Waals surface area contributed by atoms with Crippen LogP contribution in [-0.4, -0.2) is 30.9 Å². The second-order valence-corrected chi connectivity index (χ2v) is 4.26. The summed E-state index contributed by atoms with van der Waals surface area (Å²) in [5.41, 5.74) is -1.72. The topological polar surface area (TPSA) is 69.7 Å². The van der Waals surface area contributed by atoms with Crippen molar-refractivity contribution in [2.45, 2.75) is 20.8 Å². The van der Waals surface area contributed by atoms with E-state index in [1.165, 1.54) is 6.92 Å². The van der Waals surface area contributed by atoms with Crippen LogP contribution in [0, 0.1) is 5.41 Å². The highest BCUT2D eigenvalue weighted by Crippen LogP contribution is 2.26. The average Bonchev–Trinajstić information content (AvgIpc) is 2.47. The van der Waals surface area contributed by atoms with Gasteiger partial charge >= 0.3 is 11.9 Å². The molecule has 0 heterocycles. The normalized spacial score (nSPS) is 10.8. The lowest BCUT2D eigenvalue weighted by atomic mass is 9.82. The maximum Gasteiger partial charge on any atom is 0.331 e. The summed E-state index contributed by atoms with van der Waals surface area (Å²) in [7, 11) is 0. The van der Waals surface area contributed by atoms with Gasteiger partial charge in [0.25, 0.3) is 0 Å². The van der Waals surface area contributed by atoms with Gasteiger partial charge in [-0.15, -0.1) is 0 Å². The summed E-state index contributed by atoms with van der Waals surface area (Å²) in [5, 5.41) is 0. The zero-order chi connectivity index (χ0) is 15.2. The Bertz CT molecular complexity index is 474. The molecule has 0 fully saturated rings. The fraction of sp³-hybridized carbons (Fsp3) is 0.400. The third kappa shape index (κ3) is 3.04. The van der Waals surface area contributed by atoms with Crippen molar-refractivity contribution in [1.29, 1.82) is 0 Å². The highest BCUT2D eigenvalue weighted by atomic mass is 16.6. The molecule has 0 radical (unpaired) electrons. The summed E-state index contributed by atoms with van der Waals surface area (Å²) >= 11 is 0. The molecular formula is C15H18O5. The highest BCUT2D eigenvalue weighted by molar-refractivity contribution is 6.25. The van der Waals surface area contributed by atoms with Crippen LogP contribution in [0.1, 0.15) is 31.1 Å². The Morgan fingerprint density at radius 2 is 1.40 bits per heavy atom. The summed E-state index contributed by atoms with van der Waals surface area (Å²) < 4.78 is 9.71. The summed E-state index contributed by atoms with van der Waals surface area (Å²) in [6.07, 6.45) is 0. The average molecular weight is 278 g/mol. The van der Waals surface area contributed by atoms with Gasteiger partial charge in [-0.3, -0.25) is 14.4 Å². The molecule has 20 heavy (non-hydrogen) atoms. The molecule has 108 valence electrons. The maximum absolute atomic E-state index is 12.5. The predicted molar refractivity (Wildman–Crippen MR) is 72.1 cm³/mol. The molecule has 1 aromatic carbocycles. The van der Waals surface area contributed by atoms with Crippen LogP contribution in [0.3, 0.4) is 0 Å². The molecule has 0 aliphatic heterocycles. The third-order valence-electron chi connectivity index (χ3n) is 2.86. The van der Waals surface area contributed by atoms with Crippen molar-refractivity contribution < 1.29 is 23.9 Å². The van der Waals surface area contributed by atoms with Crippen LogP contribution in [0.15, 0.2) is 30.3 Å². The van der Waals surface area contributed by atoms with Gasteiger partial charge in [0.2, 0.25) is 5.41 Å². The zero-order valence-electron chi connectivity index (χ0n) is 11.8. The summed E-state index contributed by atoms with van der Waals surface area (Å²) in [4.78, 5) is 36.6. The van der Waals surface area contributed by atoms with E-state index in [0.717, 1.165) is 0 Å². The Labute approximate surface area is 117 Å². The van der Waals surface area contributed by atoms with Gasteiger partial charge in [0.15, 0.2) is 5.78 Å². The first-order valence-electron chi connectivity index (χ1n) is 6.42. The van der Waals surface area contributed by atoms with Crippen molar-refractivity contribution in [3.8, 4) is 0 Å². The molecule has 0 aliphatic carbocycles. The Morgan fingerprint density at radius 1 is 0.950 bits per heavy atom. The number of hydrogen-bond acceptors (Lipinski definition) is 5. The molecular weight excluding hydrogens is 260 g/mol. The predicted octanol–water partition coefficient (Wildman–Crippen LogP) is 2.00. The van der Waals surface area contributed by atoms with Crippen molar-refractivity contribution in [3.63, 3.8) is 0 Å². The van der Waals surface area contributed by atoms with E-state index in [1.54, 1.807) is 44.2 Å². The van der Waals surface area contributed by atoms with Crippen molar-refractivity contribution >= 4 is 17.7 Å². The van der Waals surface area contributed by atoms with Gasteiger partial charge in [0.1, 0.15) is 0 Å². The third-order valence-corrected chi connectivity index (χ3v) is 2.86. The molecule has 5 nitrogen and oxygen atoms in total. The Kier molecular flexibility index (Phi) is 5.43. The van der Waals surface area contributed by atoms with E-state index in [-0.39, 0.29) is 18.8 Å². The highest BCUT2D eigenvalue weighted by Gasteiger charge is 2.51. The first kappa shape index (κ1) is 15.9. The molecule has 0 unspecified atom stereocenters. The largest absolute Gasteiger partial charge is 0.465 e. The van der Waals surface area contributed by atoms with Crippen molar-refractivity contribution in [2.24, 2.45) is 5.41 Å². The van der Waals surface area contributed by atoms with Gasteiger partial charge in [0, 0.05) is 5.56 Å². The lowest BCUT2D eigenvalue weighted by molar-refractivity contribution is -0.166. The van der Waals surface area contributed by atoms with Crippen LogP contribution in [0.4, 0.5) is 0 Å². The van der Waals surface area contributed by atoms with E-state index < -0.39 is 23.1 Å². The van der Waals surface area contributed by atoms with E-state index in [4.69, 9.17) is 9.47 Å². The molecule has 0 spiro atoms. The zero-order valence-corrected chi connectivity index (χ0v) is 11.8. The lowest BCUT2D eigenvalue weighted by Crippen LogP contribution is -2.46. The maximum atomic E-state index is 12.5. The molecule has 0 saturated carbocycles. The number of esters is 2. The number of Topliss-reactive ketones (excluding diaryl/α,β-unsaturated/α-hetero) is 1. The monoisotopic (exact) mass is 278 g/mol. The fourth-order valence-electron chi connectivity index (χ4n) is 1.70. The number of ether oxygens (including phenoxy) is 2. The first-order chi connectivity index (χ1) is 9.48. The van der Waals surface area contributed by atoms with Crippen molar-refractivity contribution in [3.05, 3.63) is 35.9 Å². The number of hydrogen-bond donors (Lipinski definition) is 0. The quantitative estimate of drug-likeness (QED) is 0.452. The van der Waals surface area contributed by atoms with Gasteiger partial charge in [-0.2, -0.15) is 0 Å². The van der Waals surface area contributed by atoms with Gasteiger partial charge in [-0.05, 0) is 20.8 Å². The standard InChI is InChI=1S/C15H18O5/c1-4-19-13(17)15(3,14(18)20-5-2)12(16)11-9-7-6-8-10-11/h6-10H,4-5H2,1-3H3.